The van der Waals surface area contributed by atoms with Crippen molar-refractivity contribution in [2.75, 3.05) is 30.8 Å². The summed E-state index contributed by atoms with van der Waals surface area (Å²) in [5.74, 6) is 0.910. The zero-order valence-corrected chi connectivity index (χ0v) is 18.9. The van der Waals surface area contributed by atoms with Crippen molar-refractivity contribution in [1.82, 2.24) is 24.4 Å². The third-order valence-electron chi connectivity index (χ3n) is 5.21. The predicted octanol–water partition coefficient (Wildman–Crippen LogP) is 3.93. The molecule has 2 N–H and O–H groups in total. The van der Waals surface area contributed by atoms with Crippen LogP contribution in [-0.4, -0.2) is 56.8 Å². The molecule has 4 rings (SSSR count). The van der Waals surface area contributed by atoms with Gasteiger partial charge < -0.3 is 20.3 Å². The van der Waals surface area contributed by atoms with Crippen molar-refractivity contribution in [3.63, 3.8) is 0 Å². The van der Waals surface area contributed by atoms with Crippen molar-refractivity contribution in [3.05, 3.63) is 33.9 Å². The molecule has 1 atom stereocenters. The van der Waals surface area contributed by atoms with Crippen LogP contribution in [-0.2, 0) is 11.8 Å². The Morgan fingerprint density at radius 2 is 2.06 bits per heavy atom. The molecule has 0 aliphatic carbocycles. The van der Waals surface area contributed by atoms with E-state index < -0.39 is 0 Å². The van der Waals surface area contributed by atoms with Gasteiger partial charge in [-0.05, 0) is 25.0 Å². The number of aryl methyl sites for hydroxylation is 1. The first-order valence-electron chi connectivity index (χ1n) is 9.84. The summed E-state index contributed by atoms with van der Waals surface area (Å²) < 4.78 is 6.58. The normalized spacial score (nSPS) is 16.0. The number of carbonyl (C=O) groups excluding carboxylic acids is 1. The molecule has 2 aromatic heterocycles. The lowest BCUT2D eigenvalue weighted by molar-refractivity contribution is 0.113. The molecule has 0 radical (unpaired) electrons. The highest BCUT2D eigenvalue weighted by atomic mass is 35.5. The molecule has 1 aliphatic heterocycles. The third kappa shape index (κ3) is 4.35. The van der Waals surface area contributed by atoms with Gasteiger partial charge in [-0.3, -0.25) is 4.57 Å². The molecule has 1 aliphatic rings. The summed E-state index contributed by atoms with van der Waals surface area (Å²) in [7, 11) is 3.18. The minimum atomic E-state index is -0.338. The molecule has 3 heterocycles. The standard InChI is InChI=1S/C20H20Cl2N8O2/c1-29-17-15(26-19(29)27-16-13(21)6-11(8-23)7-14(16)22)9-24-18(28-17)25-12-4-3-5-30(10-12)20(31)32-2/h6-7,9,12H,3-5,10H2,1-2H3,(H,26,27)(H,24,25,28)/t12-/m1/s1. The highest BCUT2D eigenvalue weighted by molar-refractivity contribution is 6.39. The molecule has 0 saturated carbocycles. The van der Waals surface area contributed by atoms with Gasteiger partial charge in [-0.2, -0.15) is 10.2 Å². The van der Waals surface area contributed by atoms with E-state index in [1.54, 1.807) is 22.7 Å². The second-order valence-electron chi connectivity index (χ2n) is 7.35. The number of nitrogens with zero attached hydrogens (tertiary/aromatic N) is 6. The van der Waals surface area contributed by atoms with Crippen LogP contribution in [0.15, 0.2) is 18.3 Å². The average Bonchev–Trinajstić information content (AvgIpc) is 3.10. The zero-order valence-electron chi connectivity index (χ0n) is 17.4. The van der Waals surface area contributed by atoms with Gasteiger partial charge in [0.15, 0.2) is 5.65 Å². The number of rotatable bonds is 4. The summed E-state index contributed by atoms with van der Waals surface area (Å²) in [5, 5.41) is 16.1. The summed E-state index contributed by atoms with van der Waals surface area (Å²) >= 11 is 12.6. The third-order valence-corrected chi connectivity index (χ3v) is 5.80. The van der Waals surface area contributed by atoms with Crippen LogP contribution in [0, 0.1) is 11.3 Å². The Balaban J connectivity index is 1.56. The number of nitrogens with one attached hydrogen (secondary N) is 2. The molecule has 1 saturated heterocycles. The number of ether oxygens (including phenoxy) is 1. The number of hydrogen-bond donors (Lipinski definition) is 2. The Bertz CT molecular complexity index is 1200. The topological polar surface area (TPSA) is 121 Å². The van der Waals surface area contributed by atoms with E-state index in [9.17, 15) is 4.79 Å². The Kier molecular flexibility index (Phi) is 6.21. The first-order valence-corrected chi connectivity index (χ1v) is 10.6. The number of likely N-dealkylation sites (tertiary alicyclic amines) is 1. The highest BCUT2D eigenvalue weighted by Crippen LogP contribution is 2.34. The number of imidazole rings is 1. The highest BCUT2D eigenvalue weighted by Gasteiger charge is 2.25. The van der Waals surface area contributed by atoms with E-state index in [-0.39, 0.29) is 12.1 Å². The van der Waals surface area contributed by atoms with Gasteiger partial charge in [-0.25, -0.2) is 14.8 Å². The maximum absolute atomic E-state index is 11.8. The molecule has 32 heavy (non-hydrogen) atoms. The van der Waals surface area contributed by atoms with Gasteiger partial charge in [0, 0.05) is 26.2 Å². The summed E-state index contributed by atoms with van der Waals surface area (Å²) in [5.41, 5.74) is 2.00. The molecule has 0 spiro atoms. The van der Waals surface area contributed by atoms with E-state index in [0.717, 1.165) is 12.8 Å². The fraction of sp³-hybridized carbons (Fsp3) is 0.350. The molecule has 1 aromatic carbocycles. The number of nitriles is 1. The Hall–Kier alpha value is -3.29. The molecule has 1 amide bonds. The SMILES string of the molecule is COC(=O)N1CCC[C@@H](Nc2ncc3nc(Nc4c(Cl)cc(C#N)cc4Cl)n(C)c3n2)C1. The lowest BCUT2D eigenvalue weighted by Gasteiger charge is -2.32. The number of halogens is 2. The van der Waals surface area contributed by atoms with E-state index in [1.807, 2.05) is 6.07 Å². The Labute approximate surface area is 194 Å². The quantitative estimate of drug-likeness (QED) is 0.583. The van der Waals surface area contributed by atoms with Gasteiger partial charge >= 0.3 is 6.09 Å². The van der Waals surface area contributed by atoms with E-state index in [0.29, 0.717) is 57.4 Å². The fourth-order valence-electron chi connectivity index (χ4n) is 3.60. The van der Waals surface area contributed by atoms with Crippen LogP contribution < -0.4 is 10.6 Å². The Morgan fingerprint density at radius 3 is 2.75 bits per heavy atom. The van der Waals surface area contributed by atoms with Crippen LogP contribution in [0.1, 0.15) is 18.4 Å². The number of piperidine rings is 1. The number of benzene rings is 1. The second kappa shape index (κ2) is 9.06. The lowest BCUT2D eigenvalue weighted by atomic mass is 10.1. The van der Waals surface area contributed by atoms with Crippen LogP contribution in [0.5, 0.6) is 0 Å². The number of fused-ring (bicyclic) bond motifs is 1. The molecule has 166 valence electrons. The van der Waals surface area contributed by atoms with Crippen molar-refractivity contribution >= 4 is 58.0 Å². The summed E-state index contributed by atoms with van der Waals surface area (Å²) in [6.07, 6.45) is 3.04. The summed E-state index contributed by atoms with van der Waals surface area (Å²) in [4.78, 5) is 26.9. The van der Waals surface area contributed by atoms with Gasteiger partial charge in [-0.15, -0.1) is 0 Å². The van der Waals surface area contributed by atoms with Crippen molar-refractivity contribution < 1.29 is 9.53 Å². The Morgan fingerprint density at radius 1 is 1.31 bits per heavy atom. The van der Waals surface area contributed by atoms with Crippen LogP contribution in [0.25, 0.3) is 11.2 Å². The zero-order chi connectivity index (χ0) is 22.8. The molecular formula is C20H20Cl2N8O2. The molecule has 0 unspecified atom stereocenters. The maximum atomic E-state index is 11.8. The van der Waals surface area contributed by atoms with Crippen molar-refractivity contribution in [2.24, 2.45) is 7.05 Å². The number of amides is 1. The van der Waals surface area contributed by atoms with Crippen LogP contribution in [0.4, 0.5) is 22.4 Å². The molecule has 1 fully saturated rings. The van der Waals surface area contributed by atoms with Crippen molar-refractivity contribution in [1.29, 1.82) is 5.26 Å². The second-order valence-corrected chi connectivity index (χ2v) is 8.16. The van der Waals surface area contributed by atoms with E-state index in [2.05, 4.69) is 25.6 Å². The summed E-state index contributed by atoms with van der Waals surface area (Å²) in [6.45, 7) is 1.18. The number of hydrogen-bond acceptors (Lipinski definition) is 8. The molecule has 10 nitrogen and oxygen atoms in total. The first-order chi connectivity index (χ1) is 15.4. The van der Waals surface area contributed by atoms with E-state index in [4.69, 9.17) is 33.2 Å². The largest absolute Gasteiger partial charge is 0.453 e. The molecule has 12 heteroatoms. The molecule has 3 aromatic rings. The number of aromatic nitrogens is 4. The number of carbonyl (C=O) groups is 1. The van der Waals surface area contributed by atoms with Gasteiger partial charge in [0.1, 0.15) is 5.52 Å². The van der Waals surface area contributed by atoms with Crippen LogP contribution >= 0.6 is 23.2 Å². The minimum absolute atomic E-state index is 0.0161. The smallest absolute Gasteiger partial charge is 0.409 e. The fourth-order valence-corrected chi connectivity index (χ4v) is 4.19. The average molecular weight is 475 g/mol. The first kappa shape index (κ1) is 21.9. The minimum Gasteiger partial charge on any atom is -0.453 e. The van der Waals surface area contributed by atoms with Crippen LogP contribution in [0.2, 0.25) is 10.0 Å². The maximum Gasteiger partial charge on any atom is 0.409 e. The van der Waals surface area contributed by atoms with Crippen molar-refractivity contribution in [2.45, 2.75) is 18.9 Å². The predicted molar refractivity (Wildman–Crippen MR) is 121 cm³/mol. The van der Waals surface area contributed by atoms with E-state index >= 15 is 0 Å². The van der Waals surface area contributed by atoms with Gasteiger partial charge in [0.05, 0.1) is 40.7 Å². The van der Waals surface area contributed by atoms with Crippen LogP contribution in [0.3, 0.4) is 0 Å². The lowest BCUT2D eigenvalue weighted by Crippen LogP contribution is -2.45. The van der Waals surface area contributed by atoms with Gasteiger partial charge in [0.2, 0.25) is 11.9 Å². The van der Waals surface area contributed by atoms with Gasteiger partial charge in [-0.1, -0.05) is 23.2 Å². The van der Waals surface area contributed by atoms with E-state index in [1.165, 1.54) is 19.2 Å². The monoisotopic (exact) mass is 474 g/mol. The summed E-state index contributed by atoms with van der Waals surface area (Å²) in [6, 6.07) is 5.09. The van der Waals surface area contributed by atoms with Gasteiger partial charge in [0.25, 0.3) is 0 Å². The molecular weight excluding hydrogens is 455 g/mol. The number of methoxy groups -OCH3 is 1. The molecule has 0 bridgehead atoms. The number of anilines is 3. The van der Waals surface area contributed by atoms with Crippen molar-refractivity contribution in [3.8, 4) is 6.07 Å².